The molecule has 0 fully saturated rings. The molecule has 8 nitrogen and oxygen atoms in total. The molecule has 0 saturated carbocycles. The van der Waals surface area contributed by atoms with E-state index in [0.717, 1.165) is 28.3 Å². The molecule has 148 valence electrons. The lowest BCUT2D eigenvalue weighted by Gasteiger charge is -2.30. The maximum atomic E-state index is 13.0. The highest BCUT2D eigenvalue weighted by Gasteiger charge is 2.32. The summed E-state index contributed by atoms with van der Waals surface area (Å²) in [4.78, 5) is 29.3. The highest BCUT2D eigenvalue weighted by atomic mass is 16.5. The lowest BCUT2D eigenvalue weighted by atomic mass is 9.90. The zero-order valence-corrected chi connectivity index (χ0v) is 16.7. The molecule has 2 heterocycles. The molecule has 0 radical (unpaired) electrons. The molecule has 1 aromatic heterocycles. The molecule has 3 rings (SSSR count). The summed E-state index contributed by atoms with van der Waals surface area (Å²) in [6.07, 6.45) is 3.50. The Bertz CT molecular complexity index is 961. The number of carbonyl (C=O) groups excluding carboxylic acids is 2. The molecule has 3 amide bonds. The predicted molar refractivity (Wildman–Crippen MR) is 105 cm³/mol. The maximum absolute atomic E-state index is 13.0. The summed E-state index contributed by atoms with van der Waals surface area (Å²) >= 11 is 0. The van der Waals surface area contributed by atoms with E-state index in [0.29, 0.717) is 17.8 Å². The van der Waals surface area contributed by atoms with E-state index in [2.05, 4.69) is 20.9 Å². The van der Waals surface area contributed by atoms with E-state index < -0.39 is 6.04 Å². The molecule has 2 aromatic rings. The summed E-state index contributed by atoms with van der Waals surface area (Å²) in [6, 6.07) is 2.97. The monoisotopic (exact) mass is 383 g/mol. The van der Waals surface area contributed by atoms with Gasteiger partial charge in [0.25, 0.3) is 5.91 Å². The third-order valence-corrected chi connectivity index (χ3v) is 4.94. The van der Waals surface area contributed by atoms with Gasteiger partial charge in [0.05, 0.1) is 25.3 Å². The number of amides is 3. The molecule has 0 aliphatic carbocycles. The van der Waals surface area contributed by atoms with E-state index >= 15 is 0 Å². The van der Waals surface area contributed by atoms with Crippen LogP contribution in [0.3, 0.4) is 0 Å². The van der Waals surface area contributed by atoms with Crippen LogP contribution in [0.4, 0.5) is 4.79 Å². The van der Waals surface area contributed by atoms with Gasteiger partial charge in [0, 0.05) is 25.1 Å². The average molecular weight is 383 g/mol. The quantitative estimate of drug-likeness (QED) is 0.736. The summed E-state index contributed by atoms with van der Waals surface area (Å²) in [7, 11) is 3.49. The second-order valence-corrected chi connectivity index (χ2v) is 6.89. The fourth-order valence-electron chi connectivity index (χ4n) is 3.39. The standard InChI is InChI=1S/C20H25N5O3/c1-11-9-15(28-5)12(2)8-14(11)18-17(13(3)23-20(27)24-18)19(26)22-10-16-21-6-7-25(16)4/h6-9,18H,10H2,1-5H3,(H,22,26)(H2,23,24,27)/t18-/m0/s1. The van der Waals surface area contributed by atoms with Crippen LogP contribution in [-0.2, 0) is 18.4 Å². The molecule has 0 saturated heterocycles. The molecular formula is C20H25N5O3. The van der Waals surface area contributed by atoms with Crippen molar-refractivity contribution >= 4 is 11.9 Å². The first-order valence-electron chi connectivity index (χ1n) is 8.99. The number of aromatic nitrogens is 2. The first-order valence-corrected chi connectivity index (χ1v) is 8.99. The molecule has 1 aromatic carbocycles. The lowest BCUT2D eigenvalue weighted by Crippen LogP contribution is -2.47. The minimum Gasteiger partial charge on any atom is -0.496 e. The van der Waals surface area contributed by atoms with Crippen LogP contribution in [0.1, 0.15) is 35.5 Å². The molecule has 3 N–H and O–H groups in total. The van der Waals surface area contributed by atoms with Gasteiger partial charge in [0.15, 0.2) is 0 Å². The fraction of sp³-hybridized carbons (Fsp3) is 0.350. The van der Waals surface area contributed by atoms with E-state index in [-0.39, 0.29) is 11.9 Å². The Labute approximate surface area is 164 Å². The zero-order chi connectivity index (χ0) is 20.4. The van der Waals surface area contributed by atoms with Gasteiger partial charge in [-0.3, -0.25) is 4.79 Å². The van der Waals surface area contributed by atoms with Crippen LogP contribution < -0.4 is 20.7 Å². The molecule has 0 unspecified atom stereocenters. The first-order chi connectivity index (χ1) is 13.3. The second-order valence-electron chi connectivity index (χ2n) is 6.89. The van der Waals surface area contributed by atoms with E-state index in [1.54, 1.807) is 20.2 Å². The van der Waals surface area contributed by atoms with Crippen LogP contribution >= 0.6 is 0 Å². The van der Waals surface area contributed by atoms with Crippen LogP contribution in [0.15, 0.2) is 35.8 Å². The Morgan fingerprint density at radius 2 is 2.04 bits per heavy atom. The number of carbonyl (C=O) groups is 2. The second kappa shape index (κ2) is 7.75. The topological polar surface area (TPSA) is 97.3 Å². The highest BCUT2D eigenvalue weighted by Crippen LogP contribution is 2.32. The number of nitrogens with one attached hydrogen (secondary N) is 3. The summed E-state index contributed by atoms with van der Waals surface area (Å²) in [5.74, 6) is 1.25. The van der Waals surface area contributed by atoms with Crippen LogP contribution in [0.2, 0.25) is 0 Å². The van der Waals surface area contributed by atoms with Crippen molar-refractivity contribution in [3.05, 3.63) is 58.3 Å². The van der Waals surface area contributed by atoms with Crippen molar-refractivity contribution in [2.75, 3.05) is 7.11 Å². The number of benzene rings is 1. The summed E-state index contributed by atoms with van der Waals surface area (Å²) in [5.41, 5.74) is 3.72. The van der Waals surface area contributed by atoms with Gasteiger partial charge in [-0.1, -0.05) is 0 Å². The predicted octanol–water partition coefficient (Wildman–Crippen LogP) is 1.99. The highest BCUT2D eigenvalue weighted by molar-refractivity contribution is 5.98. The number of allylic oxidation sites excluding steroid dienone is 1. The number of hydrogen-bond donors (Lipinski definition) is 3. The largest absolute Gasteiger partial charge is 0.496 e. The number of aryl methyl sites for hydroxylation is 3. The Balaban J connectivity index is 1.94. The molecule has 1 aliphatic heterocycles. The van der Waals surface area contributed by atoms with Gasteiger partial charge in [-0.15, -0.1) is 0 Å². The number of imidazole rings is 1. The van der Waals surface area contributed by atoms with Gasteiger partial charge in [-0.2, -0.15) is 0 Å². The third kappa shape index (κ3) is 3.71. The number of nitrogens with zero attached hydrogens (tertiary/aromatic N) is 2. The van der Waals surface area contributed by atoms with Crippen molar-refractivity contribution < 1.29 is 14.3 Å². The van der Waals surface area contributed by atoms with Crippen molar-refractivity contribution in [1.29, 1.82) is 0 Å². The molecule has 0 spiro atoms. The van der Waals surface area contributed by atoms with E-state index in [9.17, 15) is 9.59 Å². The zero-order valence-electron chi connectivity index (χ0n) is 16.7. The smallest absolute Gasteiger partial charge is 0.319 e. The maximum Gasteiger partial charge on any atom is 0.319 e. The third-order valence-electron chi connectivity index (χ3n) is 4.94. The summed E-state index contributed by atoms with van der Waals surface area (Å²) in [5, 5.41) is 8.47. The van der Waals surface area contributed by atoms with Crippen molar-refractivity contribution in [1.82, 2.24) is 25.5 Å². The summed E-state index contributed by atoms with van der Waals surface area (Å²) < 4.78 is 7.22. The van der Waals surface area contributed by atoms with Gasteiger partial charge in [0.1, 0.15) is 11.6 Å². The normalized spacial score (nSPS) is 16.5. The Hall–Kier alpha value is -3.29. The van der Waals surface area contributed by atoms with Gasteiger partial charge in [0.2, 0.25) is 0 Å². The molecule has 1 aliphatic rings. The van der Waals surface area contributed by atoms with Gasteiger partial charge < -0.3 is 25.3 Å². The van der Waals surface area contributed by atoms with E-state index in [4.69, 9.17) is 4.74 Å². The average Bonchev–Trinajstić information content (AvgIpc) is 3.05. The van der Waals surface area contributed by atoms with Crippen LogP contribution in [0, 0.1) is 13.8 Å². The number of hydrogen-bond acceptors (Lipinski definition) is 4. The number of urea groups is 1. The molecule has 1 atom stereocenters. The summed E-state index contributed by atoms with van der Waals surface area (Å²) in [6.45, 7) is 5.89. The fourth-order valence-corrected chi connectivity index (χ4v) is 3.39. The number of methoxy groups -OCH3 is 1. The van der Waals surface area contributed by atoms with Gasteiger partial charge >= 0.3 is 6.03 Å². The Kier molecular flexibility index (Phi) is 5.39. The van der Waals surface area contributed by atoms with Crippen LogP contribution in [0.25, 0.3) is 0 Å². The van der Waals surface area contributed by atoms with Crippen LogP contribution in [0.5, 0.6) is 5.75 Å². The molecule has 28 heavy (non-hydrogen) atoms. The van der Waals surface area contributed by atoms with Crippen LogP contribution in [-0.4, -0.2) is 28.6 Å². The van der Waals surface area contributed by atoms with Crippen molar-refractivity contribution in [2.45, 2.75) is 33.4 Å². The van der Waals surface area contributed by atoms with Crippen molar-refractivity contribution in [2.24, 2.45) is 7.05 Å². The van der Waals surface area contributed by atoms with Gasteiger partial charge in [-0.25, -0.2) is 9.78 Å². The SMILES string of the molecule is COc1cc(C)c([C@@H]2NC(=O)NC(C)=C2C(=O)NCc2nccn2C)cc1C. The Morgan fingerprint density at radius 1 is 1.29 bits per heavy atom. The Morgan fingerprint density at radius 3 is 2.68 bits per heavy atom. The van der Waals surface area contributed by atoms with Crippen molar-refractivity contribution in [3.8, 4) is 5.75 Å². The van der Waals surface area contributed by atoms with E-state index in [1.165, 1.54) is 0 Å². The molecular weight excluding hydrogens is 358 g/mol. The first kappa shape index (κ1) is 19.5. The molecule has 8 heteroatoms. The minimum atomic E-state index is -0.556. The number of rotatable bonds is 5. The van der Waals surface area contributed by atoms with Gasteiger partial charge in [-0.05, 0) is 49.6 Å². The van der Waals surface area contributed by atoms with E-state index in [1.807, 2.05) is 43.8 Å². The number of ether oxygens (including phenoxy) is 1. The lowest BCUT2D eigenvalue weighted by molar-refractivity contribution is -0.118. The molecule has 0 bridgehead atoms. The minimum absolute atomic E-state index is 0.258. The van der Waals surface area contributed by atoms with Crippen molar-refractivity contribution in [3.63, 3.8) is 0 Å².